The highest BCUT2D eigenvalue weighted by molar-refractivity contribution is 6.31. The first-order chi connectivity index (χ1) is 5.22. The molecule has 0 aromatic carbocycles. The second-order valence-electron chi connectivity index (χ2n) is 2.11. The minimum atomic E-state index is 0.519. The van der Waals surface area contributed by atoms with Crippen molar-refractivity contribution in [3.63, 3.8) is 0 Å². The average Bonchev–Trinajstić information content (AvgIpc) is 2.39. The SMILES string of the molecule is C=C.C=C(Cl)C1=C(C)CCO1. The topological polar surface area (TPSA) is 9.23 Å². The van der Waals surface area contributed by atoms with E-state index in [1.807, 2.05) is 6.92 Å². The predicted octanol–water partition coefficient (Wildman–Crippen LogP) is 3.24. The summed E-state index contributed by atoms with van der Waals surface area (Å²) in [5.74, 6) is 0.789. The van der Waals surface area contributed by atoms with Gasteiger partial charge in [0, 0.05) is 6.42 Å². The normalized spacial score (nSPS) is 15.1. The second-order valence-corrected chi connectivity index (χ2v) is 2.57. The van der Waals surface area contributed by atoms with Crippen LogP contribution in [0, 0.1) is 0 Å². The van der Waals surface area contributed by atoms with Gasteiger partial charge in [0.15, 0.2) is 0 Å². The Hall–Kier alpha value is -0.690. The second kappa shape index (κ2) is 5.03. The van der Waals surface area contributed by atoms with Crippen LogP contribution in [-0.4, -0.2) is 6.61 Å². The third kappa shape index (κ3) is 2.81. The summed E-state index contributed by atoms with van der Waals surface area (Å²) in [5, 5.41) is 0.519. The Labute approximate surface area is 73.0 Å². The van der Waals surface area contributed by atoms with Crippen LogP contribution in [0.4, 0.5) is 0 Å². The van der Waals surface area contributed by atoms with Crippen molar-refractivity contribution < 1.29 is 4.74 Å². The lowest BCUT2D eigenvalue weighted by Crippen LogP contribution is -1.82. The van der Waals surface area contributed by atoms with Crippen LogP contribution >= 0.6 is 11.6 Å². The van der Waals surface area contributed by atoms with Crippen molar-refractivity contribution in [2.75, 3.05) is 6.61 Å². The van der Waals surface area contributed by atoms with Gasteiger partial charge >= 0.3 is 0 Å². The third-order valence-corrected chi connectivity index (χ3v) is 1.53. The average molecular weight is 173 g/mol. The van der Waals surface area contributed by atoms with E-state index in [9.17, 15) is 0 Å². The smallest absolute Gasteiger partial charge is 0.136 e. The van der Waals surface area contributed by atoms with Gasteiger partial charge in [0.05, 0.1) is 11.6 Å². The van der Waals surface area contributed by atoms with Crippen LogP contribution in [0.3, 0.4) is 0 Å². The number of allylic oxidation sites excluding steroid dienone is 1. The van der Waals surface area contributed by atoms with Crippen LogP contribution in [0.15, 0.2) is 36.1 Å². The summed E-state index contributed by atoms with van der Waals surface area (Å²) in [6.45, 7) is 12.3. The molecule has 2 heteroatoms. The fraction of sp³-hybridized carbons (Fsp3) is 0.333. The molecule has 1 heterocycles. The zero-order valence-electron chi connectivity index (χ0n) is 6.82. The highest BCUT2D eigenvalue weighted by atomic mass is 35.5. The monoisotopic (exact) mass is 172 g/mol. The molecule has 62 valence electrons. The third-order valence-electron chi connectivity index (χ3n) is 1.36. The maximum absolute atomic E-state index is 5.60. The van der Waals surface area contributed by atoms with Crippen molar-refractivity contribution in [2.45, 2.75) is 13.3 Å². The van der Waals surface area contributed by atoms with Crippen molar-refractivity contribution in [1.82, 2.24) is 0 Å². The van der Waals surface area contributed by atoms with Gasteiger partial charge in [-0.05, 0) is 12.5 Å². The molecule has 1 aliphatic heterocycles. The fourth-order valence-electron chi connectivity index (χ4n) is 0.853. The zero-order valence-corrected chi connectivity index (χ0v) is 7.58. The van der Waals surface area contributed by atoms with Gasteiger partial charge in [0.2, 0.25) is 0 Å². The number of halogens is 1. The Bertz CT molecular complexity index is 182. The molecule has 0 unspecified atom stereocenters. The number of rotatable bonds is 1. The van der Waals surface area contributed by atoms with Crippen molar-refractivity contribution in [1.29, 1.82) is 0 Å². The molecule has 0 saturated carbocycles. The lowest BCUT2D eigenvalue weighted by atomic mass is 10.2. The molecule has 0 aromatic heterocycles. The fourth-order valence-corrected chi connectivity index (χ4v) is 1.07. The summed E-state index contributed by atoms with van der Waals surface area (Å²) in [5.41, 5.74) is 1.20. The van der Waals surface area contributed by atoms with Gasteiger partial charge < -0.3 is 4.74 Å². The molecule has 0 aliphatic carbocycles. The van der Waals surface area contributed by atoms with E-state index in [1.165, 1.54) is 5.57 Å². The molecule has 0 bridgehead atoms. The molecule has 11 heavy (non-hydrogen) atoms. The molecule has 0 saturated heterocycles. The Morgan fingerprint density at radius 3 is 2.27 bits per heavy atom. The first-order valence-electron chi connectivity index (χ1n) is 3.39. The first kappa shape index (κ1) is 10.3. The molecule has 1 rings (SSSR count). The minimum absolute atomic E-state index is 0.519. The van der Waals surface area contributed by atoms with E-state index in [1.54, 1.807) is 0 Å². The Morgan fingerprint density at radius 1 is 1.55 bits per heavy atom. The summed E-state index contributed by atoms with van der Waals surface area (Å²) in [6.07, 6.45) is 0.987. The van der Waals surface area contributed by atoms with Crippen molar-refractivity contribution >= 4 is 11.6 Å². The van der Waals surface area contributed by atoms with E-state index >= 15 is 0 Å². The summed E-state index contributed by atoms with van der Waals surface area (Å²) in [7, 11) is 0. The number of hydrogen-bond donors (Lipinski definition) is 0. The predicted molar refractivity (Wildman–Crippen MR) is 49.5 cm³/mol. The Morgan fingerprint density at radius 2 is 2.09 bits per heavy atom. The summed E-state index contributed by atoms with van der Waals surface area (Å²) in [4.78, 5) is 0. The summed E-state index contributed by atoms with van der Waals surface area (Å²) >= 11 is 5.60. The largest absolute Gasteiger partial charge is 0.492 e. The highest BCUT2D eigenvalue weighted by Gasteiger charge is 2.12. The van der Waals surface area contributed by atoms with Gasteiger partial charge in [0.25, 0.3) is 0 Å². The number of hydrogen-bond acceptors (Lipinski definition) is 1. The summed E-state index contributed by atoms with van der Waals surface area (Å²) < 4.78 is 5.17. The zero-order chi connectivity index (χ0) is 8.85. The molecule has 0 atom stereocenters. The lowest BCUT2D eigenvalue weighted by molar-refractivity contribution is 0.255. The van der Waals surface area contributed by atoms with E-state index in [2.05, 4.69) is 19.7 Å². The van der Waals surface area contributed by atoms with Crippen LogP contribution in [0.25, 0.3) is 0 Å². The van der Waals surface area contributed by atoms with E-state index in [0.29, 0.717) is 5.03 Å². The van der Waals surface area contributed by atoms with Gasteiger partial charge in [-0.25, -0.2) is 0 Å². The quantitative estimate of drug-likeness (QED) is 0.552. The van der Waals surface area contributed by atoms with Crippen LogP contribution in [0.5, 0.6) is 0 Å². The maximum atomic E-state index is 5.60. The summed E-state index contributed by atoms with van der Waals surface area (Å²) in [6, 6.07) is 0. The number of ether oxygens (including phenoxy) is 1. The van der Waals surface area contributed by atoms with Crippen LogP contribution in [0.2, 0.25) is 0 Å². The van der Waals surface area contributed by atoms with Crippen LogP contribution in [-0.2, 0) is 4.74 Å². The van der Waals surface area contributed by atoms with Crippen LogP contribution < -0.4 is 0 Å². The van der Waals surface area contributed by atoms with E-state index in [4.69, 9.17) is 16.3 Å². The van der Waals surface area contributed by atoms with Crippen molar-refractivity contribution in [3.8, 4) is 0 Å². The molecule has 0 spiro atoms. The molecule has 1 aliphatic rings. The minimum Gasteiger partial charge on any atom is -0.492 e. The molecule has 0 amide bonds. The Kier molecular flexibility index (Phi) is 4.71. The molecule has 1 nitrogen and oxygen atoms in total. The van der Waals surface area contributed by atoms with Gasteiger partial charge in [-0.2, -0.15) is 0 Å². The van der Waals surface area contributed by atoms with Crippen molar-refractivity contribution in [3.05, 3.63) is 36.1 Å². The highest BCUT2D eigenvalue weighted by Crippen LogP contribution is 2.25. The maximum Gasteiger partial charge on any atom is 0.136 e. The Balaban J connectivity index is 0.000000461. The molecular formula is C9H13ClO. The standard InChI is InChI=1S/C7H9ClO.C2H4/c1-5-3-4-9-7(5)6(2)8;1-2/h2-4H2,1H3;1-2H2. The molecule has 0 radical (unpaired) electrons. The van der Waals surface area contributed by atoms with Gasteiger partial charge in [0.1, 0.15) is 5.76 Å². The van der Waals surface area contributed by atoms with Crippen LogP contribution in [0.1, 0.15) is 13.3 Å². The molecule has 0 aromatic rings. The molecule has 0 fully saturated rings. The van der Waals surface area contributed by atoms with Gasteiger partial charge in [-0.1, -0.05) is 18.2 Å². The first-order valence-corrected chi connectivity index (χ1v) is 3.77. The van der Waals surface area contributed by atoms with E-state index < -0.39 is 0 Å². The van der Waals surface area contributed by atoms with Gasteiger partial charge in [-0.3, -0.25) is 0 Å². The van der Waals surface area contributed by atoms with Gasteiger partial charge in [-0.15, -0.1) is 13.2 Å². The molecule has 0 N–H and O–H groups in total. The lowest BCUT2D eigenvalue weighted by Gasteiger charge is -1.98. The van der Waals surface area contributed by atoms with Crippen molar-refractivity contribution in [2.24, 2.45) is 0 Å². The van der Waals surface area contributed by atoms with E-state index in [-0.39, 0.29) is 0 Å². The van der Waals surface area contributed by atoms with E-state index in [0.717, 1.165) is 18.8 Å². The molecular weight excluding hydrogens is 160 g/mol.